The predicted octanol–water partition coefficient (Wildman–Crippen LogP) is 2.96. The van der Waals surface area contributed by atoms with Crippen LogP contribution in [0, 0.1) is 12.7 Å². The molecule has 1 aliphatic heterocycles. The zero-order valence-electron chi connectivity index (χ0n) is 18.0. The summed E-state index contributed by atoms with van der Waals surface area (Å²) < 4.78 is 24.6. The minimum Gasteiger partial charge on any atom is -0.484 e. The van der Waals surface area contributed by atoms with Crippen molar-refractivity contribution in [1.82, 2.24) is 10.6 Å². The van der Waals surface area contributed by atoms with Crippen molar-refractivity contribution in [2.75, 3.05) is 6.61 Å². The summed E-state index contributed by atoms with van der Waals surface area (Å²) in [5.41, 5.74) is 1.02. The van der Waals surface area contributed by atoms with Crippen LogP contribution in [0.25, 0.3) is 0 Å². The van der Waals surface area contributed by atoms with Crippen LogP contribution in [0.15, 0.2) is 36.4 Å². The lowest BCUT2D eigenvalue weighted by molar-refractivity contribution is -0.155. The van der Waals surface area contributed by atoms with E-state index in [4.69, 9.17) is 21.1 Å². The van der Waals surface area contributed by atoms with Crippen molar-refractivity contribution in [3.05, 3.63) is 58.4 Å². The molecule has 3 fully saturated rings. The number of carbonyl (C=O) groups excluding carboxylic acids is 2. The van der Waals surface area contributed by atoms with Gasteiger partial charge in [-0.15, -0.1) is 0 Å². The van der Waals surface area contributed by atoms with Crippen molar-refractivity contribution in [2.45, 2.75) is 55.9 Å². The van der Waals surface area contributed by atoms with Gasteiger partial charge in [0.25, 0.3) is 11.8 Å². The molecule has 0 spiro atoms. The van der Waals surface area contributed by atoms with Crippen LogP contribution in [0.2, 0.25) is 5.02 Å². The molecule has 0 radical (unpaired) electrons. The van der Waals surface area contributed by atoms with Crippen LogP contribution in [0.1, 0.15) is 42.9 Å². The Kier molecular flexibility index (Phi) is 5.25. The van der Waals surface area contributed by atoms with Gasteiger partial charge in [-0.25, -0.2) is 4.39 Å². The Morgan fingerprint density at radius 1 is 1.18 bits per heavy atom. The number of rotatable bonds is 6. The first kappa shape index (κ1) is 22.0. The fourth-order valence-electron chi connectivity index (χ4n) is 5.17. The first-order chi connectivity index (χ1) is 15.7. The van der Waals surface area contributed by atoms with Crippen molar-refractivity contribution >= 4 is 23.4 Å². The Bertz CT molecular complexity index is 1120. The van der Waals surface area contributed by atoms with Crippen molar-refractivity contribution in [1.29, 1.82) is 0 Å². The molecule has 33 heavy (non-hydrogen) atoms. The maximum absolute atomic E-state index is 13.5. The molecule has 2 aromatic carbocycles. The zero-order valence-corrected chi connectivity index (χ0v) is 18.7. The first-order valence-corrected chi connectivity index (χ1v) is 11.2. The highest BCUT2D eigenvalue weighted by molar-refractivity contribution is 6.30. The van der Waals surface area contributed by atoms with Gasteiger partial charge < -0.3 is 25.2 Å². The minimum atomic E-state index is -0.761. The Hall–Kier alpha value is -2.84. The Morgan fingerprint density at radius 3 is 2.64 bits per heavy atom. The van der Waals surface area contributed by atoms with Crippen LogP contribution in [0.5, 0.6) is 11.5 Å². The second kappa shape index (κ2) is 7.88. The molecule has 3 saturated carbocycles. The lowest BCUT2D eigenvalue weighted by atomic mass is 9.44. The van der Waals surface area contributed by atoms with Crippen molar-refractivity contribution < 1.29 is 28.6 Å². The highest BCUT2D eigenvalue weighted by Gasteiger charge is 2.69. The van der Waals surface area contributed by atoms with E-state index < -0.39 is 18.0 Å². The quantitative estimate of drug-likeness (QED) is 0.598. The topological polar surface area (TPSA) is 96.9 Å². The van der Waals surface area contributed by atoms with Gasteiger partial charge in [-0.1, -0.05) is 23.2 Å². The average molecular weight is 475 g/mol. The van der Waals surface area contributed by atoms with Crippen LogP contribution in [-0.2, 0) is 9.59 Å². The molecule has 2 amide bonds. The van der Waals surface area contributed by atoms with Crippen molar-refractivity contribution in [3.8, 4) is 11.5 Å². The number of aryl methyl sites for hydroxylation is 1. The van der Waals surface area contributed by atoms with Crippen LogP contribution in [0.3, 0.4) is 0 Å². The summed E-state index contributed by atoms with van der Waals surface area (Å²) in [6, 6.07) is 9.52. The summed E-state index contributed by atoms with van der Waals surface area (Å²) in [6.45, 7) is 1.70. The maximum atomic E-state index is 13.5. The summed E-state index contributed by atoms with van der Waals surface area (Å²) in [7, 11) is 0. The number of halogens is 2. The van der Waals surface area contributed by atoms with E-state index in [2.05, 4.69) is 10.6 Å². The molecule has 9 heteroatoms. The van der Waals surface area contributed by atoms with Crippen LogP contribution < -0.4 is 20.1 Å². The Morgan fingerprint density at radius 2 is 1.91 bits per heavy atom. The van der Waals surface area contributed by atoms with Gasteiger partial charge in [0, 0.05) is 29.1 Å². The van der Waals surface area contributed by atoms with Crippen LogP contribution in [-0.4, -0.2) is 40.7 Å². The van der Waals surface area contributed by atoms with E-state index in [1.807, 2.05) is 19.1 Å². The van der Waals surface area contributed by atoms with Crippen molar-refractivity contribution in [3.63, 3.8) is 0 Å². The van der Waals surface area contributed by atoms with E-state index >= 15 is 0 Å². The smallest absolute Gasteiger partial charge is 0.261 e. The molecule has 7 nitrogen and oxygen atoms in total. The number of ether oxygens (including phenoxy) is 2. The summed E-state index contributed by atoms with van der Waals surface area (Å²) >= 11 is 5.64. The van der Waals surface area contributed by atoms with Gasteiger partial charge in [-0.3, -0.25) is 9.59 Å². The van der Waals surface area contributed by atoms with E-state index in [-0.39, 0.29) is 46.7 Å². The number of aliphatic hydroxyl groups excluding tert-OH is 1. The molecule has 2 bridgehead atoms. The third-order valence-corrected chi connectivity index (χ3v) is 6.91. The largest absolute Gasteiger partial charge is 0.484 e. The van der Waals surface area contributed by atoms with Crippen molar-refractivity contribution in [2.24, 2.45) is 0 Å². The van der Waals surface area contributed by atoms with Crippen LogP contribution >= 0.6 is 11.6 Å². The number of hydrogen-bond donors (Lipinski definition) is 3. The summed E-state index contributed by atoms with van der Waals surface area (Å²) in [6.07, 6.45) is 0.553. The van der Waals surface area contributed by atoms with E-state index in [1.54, 1.807) is 6.07 Å². The SMILES string of the molecule is Cc1ccc2c(c1)C(O)CC(C(=O)NC13CC(NC(=O)COc4ccc(Cl)c(F)c4)(C1)C3)O2. The Balaban J connectivity index is 1.10. The van der Waals surface area contributed by atoms with E-state index in [9.17, 15) is 19.1 Å². The molecule has 2 aromatic rings. The zero-order chi connectivity index (χ0) is 23.4. The van der Waals surface area contributed by atoms with Gasteiger partial charge in [-0.2, -0.15) is 0 Å². The van der Waals surface area contributed by atoms with Gasteiger partial charge >= 0.3 is 0 Å². The highest BCUT2D eigenvalue weighted by atomic mass is 35.5. The number of aliphatic hydroxyl groups is 1. The normalized spacial score (nSPS) is 29.0. The monoisotopic (exact) mass is 474 g/mol. The molecule has 3 N–H and O–H groups in total. The standard InChI is InChI=1S/C24H24ClFN2O5/c1-13-2-5-19-15(6-13)18(29)8-20(33-19)22(31)28-24-10-23(11-24,12-24)27-21(30)9-32-14-3-4-16(25)17(26)7-14/h2-7,18,20,29H,8-12H2,1H3,(H,27,30)(H,28,31). The lowest BCUT2D eigenvalue weighted by Gasteiger charge is -2.70. The fourth-order valence-corrected chi connectivity index (χ4v) is 5.29. The molecule has 6 rings (SSSR count). The van der Waals surface area contributed by atoms with Gasteiger partial charge in [0.1, 0.15) is 17.3 Å². The third-order valence-electron chi connectivity index (χ3n) is 6.61. The highest BCUT2D eigenvalue weighted by Crippen LogP contribution is 2.60. The summed E-state index contributed by atoms with van der Waals surface area (Å²) in [4.78, 5) is 25.1. The maximum Gasteiger partial charge on any atom is 0.261 e. The van der Waals surface area contributed by atoms with Gasteiger partial charge in [-0.05, 0) is 50.5 Å². The van der Waals surface area contributed by atoms with Gasteiger partial charge in [0.2, 0.25) is 0 Å². The molecule has 2 unspecified atom stereocenters. The summed E-state index contributed by atoms with van der Waals surface area (Å²) in [5, 5.41) is 16.4. The van der Waals surface area contributed by atoms with Crippen LogP contribution in [0.4, 0.5) is 4.39 Å². The van der Waals surface area contributed by atoms with E-state index in [0.29, 0.717) is 30.6 Å². The van der Waals surface area contributed by atoms with E-state index in [1.165, 1.54) is 12.1 Å². The average Bonchev–Trinajstić information content (AvgIpc) is 2.72. The predicted molar refractivity (Wildman–Crippen MR) is 118 cm³/mol. The van der Waals surface area contributed by atoms with E-state index in [0.717, 1.165) is 11.6 Å². The number of carbonyl (C=O) groups is 2. The second-order valence-electron chi connectivity index (χ2n) is 9.39. The number of benzene rings is 2. The van der Waals surface area contributed by atoms with Gasteiger partial charge in [0.05, 0.1) is 11.1 Å². The number of fused-ring (bicyclic) bond motifs is 1. The summed E-state index contributed by atoms with van der Waals surface area (Å²) in [5.74, 6) is -0.426. The molecule has 0 aromatic heterocycles. The minimum absolute atomic E-state index is 0.0135. The molecule has 3 aliphatic carbocycles. The molecule has 174 valence electrons. The molecule has 0 saturated heterocycles. The van der Waals surface area contributed by atoms with Gasteiger partial charge in [0.15, 0.2) is 12.7 Å². The fraction of sp³-hybridized carbons (Fsp3) is 0.417. The first-order valence-electron chi connectivity index (χ1n) is 10.8. The Labute approximate surface area is 195 Å². The second-order valence-corrected chi connectivity index (χ2v) is 9.80. The number of amides is 2. The molecule has 4 aliphatic rings. The molecule has 2 atom stereocenters. The molecule has 1 heterocycles. The molecular formula is C24H24ClFN2O5. The third kappa shape index (κ3) is 4.13. The number of nitrogens with one attached hydrogen (secondary N) is 2. The molecular weight excluding hydrogens is 451 g/mol. The lowest BCUT2D eigenvalue weighted by Crippen LogP contribution is -2.84. The number of hydrogen-bond acceptors (Lipinski definition) is 5.